The Hall–Kier alpha value is -1.14. The maximum absolute atomic E-state index is 9.12. The number of benzene rings is 1. The molecule has 2 N–H and O–H groups in total. The molecule has 4 nitrogen and oxygen atoms in total. The quantitative estimate of drug-likeness (QED) is 0.772. The van der Waals surface area contributed by atoms with E-state index in [1.54, 1.807) is 23.5 Å². The topological polar surface area (TPSA) is 54.4 Å². The molecule has 0 amide bonds. The van der Waals surface area contributed by atoms with Gasteiger partial charge in [0, 0.05) is 29.6 Å². The van der Waals surface area contributed by atoms with Gasteiger partial charge in [-0.25, -0.2) is 4.98 Å². The molecule has 0 aliphatic carbocycles. The van der Waals surface area contributed by atoms with Crippen LogP contribution in [0.2, 0.25) is 5.02 Å². The molecule has 2 atom stereocenters. The Morgan fingerprint density at radius 3 is 2.73 bits per heavy atom. The third-order valence-corrected chi connectivity index (χ3v) is 4.65. The Kier molecular flexibility index (Phi) is 6.64. The van der Waals surface area contributed by atoms with Gasteiger partial charge in [-0.15, -0.1) is 11.3 Å². The van der Waals surface area contributed by atoms with Crippen LogP contribution < -0.4 is 10.1 Å². The first-order valence-corrected chi connectivity index (χ1v) is 8.50. The monoisotopic (exact) mass is 340 g/mol. The van der Waals surface area contributed by atoms with E-state index in [1.807, 2.05) is 24.4 Å². The van der Waals surface area contributed by atoms with Gasteiger partial charge in [-0.3, -0.25) is 0 Å². The molecule has 0 spiro atoms. The van der Waals surface area contributed by atoms with E-state index in [1.165, 1.54) is 0 Å². The van der Waals surface area contributed by atoms with Crippen molar-refractivity contribution in [3.8, 4) is 5.75 Å². The Bertz CT molecular complexity index is 574. The molecular formula is C16H21ClN2O2S. The van der Waals surface area contributed by atoms with Crippen molar-refractivity contribution in [3.63, 3.8) is 0 Å². The number of ether oxygens (including phenoxy) is 1. The molecule has 22 heavy (non-hydrogen) atoms. The average Bonchev–Trinajstić information content (AvgIpc) is 2.99. The summed E-state index contributed by atoms with van der Waals surface area (Å²) in [6, 6.07) is 7.54. The number of rotatable bonds is 8. The van der Waals surface area contributed by atoms with Gasteiger partial charge in [0.25, 0.3) is 0 Å². The van der Waals surface area contributed by atoms with Crippen LogP contribution in [0.1, 0.15) is 24.5 Å². The number of aliphatic hydroxyl groups is 1. The van der Waals surface area contributed by atoms with Crippen molar-refractivity contribution in [2.24, 2.45) is 5.92 Å². The smallest absolute Gasteiger partial charge is 0.140 e. The molecule has 0 bridgehead atoms. The molecular weight excluding hydrogens is 320 g/mol. The molecule has 6 heteroatoms. The Balaban J connectivity index is 1.80. The molecule has 0 fully saturated rings. The lowest BCUT2D eigenvalue weighted by atomic mass is 10.1. The fourth-order valence-corrected chi connectivity index (χ4v) is 2.63. The summed E-state index contributed by atoms with van der Waals surface area (Å²) in [6.07, 6.45) is 0. The molecule has 0 aliphatic heterocycles. The summed E-state index contributed by atoms with van der Waals surface area (Å²) in [6.45, 7) is 5.42. The van der Waals surface area contributed by atoms with Crippen LogP contribution in [0.25, 0.3) is 0 Å². The number of nitrogens with zero attached hydrogens (tertiary/aromatic N) is 1. The standard InChI is InChI=1S/C16H21ClN2O2S/c1-11(8-20)12(2)18-7-14-10-22-16(19-14)9-21-15-5-3-13(17)4-6-15/h3-6,10-12,18,20H,7-9H2,1-2H3. The van der Waals surface area contributed by atoms with Gasteiger partial charge >= 0.3 is 0 Å². The minimum atomic E-state index is 0.186. The lowest BCUT2D eigenvalue weighted by Gasteiger charge is -2.18. The first-order chi connectivity index (χ1) is 10.6. The zero-order valence-electron chi connectivity index (χ0n) is 12.8. The van der Waals surface area contributed by atoms with Crippen molar-refractivity contribution in [1.29, 1.82) is 0 Å². The third-order valence-electron chi connectivity index (χ3n) is 3.52. The second-order valence-corrected chi connectivity index (χ2v) is 6.68. The van der Waals surface area contributed by atoms with E-state index in [0.717, 1.165) is 16.5 Å². The highest BCUT2D eigenvalue weighted by atomic mass is 35.5. The summed E-state index contributed by atoms with van der Waals surface area (Å²) in [5.41, 5.74) is 0.997. The first-order valence-electron chi connectivity index (χ1n) is 7.24. The number of thiazole rings is 1. The van der Waals surface area contributed by atoms with Crippen LogP contribution in [-0.4, -0.2) is 22.7 Å². The number of nitrogens with one attached hydrogen (secondary N) is 1. The maximum atomic E-state index is 9.12. The van der Waals surface area contributed by atoms with Gasteiger partial charge in [0.2, 0.25) is 0 Å². The molecule has 2 unspecified atom stereocenters. The van der Waals surface area contributed by atoms with Crippen LogP contribution in [0.4, 0.5) is 0 Å². The average molecular weight is 341 g/mol. The highest BCUT2D eigenvalue weighted by molar-refractivity contribution is 7.09. The molecule has 0 aliphatic rings. The Labute approximate surface area is 140 Å². The van der Waals surface area contributed by atoms with E-state index in [9.17, 15) is 0 Å². The minimum absolute atomic E-state index is 0.186. The van der Waals surface area contributed by atoms with Gasteiger partial charge in [-0.05, 0) is 37.1 Å². The van der Waals surface area contributed by atoms with E-state index in [4.69, 9.17) is 21.4 Å². The third kappa shape index (κ3) is 5.25. The number of hydrogen-bond donors (Lipinski definition) is 2. The Morgan fingerprint density at radius 1 is 1.32 bits per heavy atom. The number of aliphatic hydroxyl groups excluding tert-OH is 1. The SMILES string of the molecule is CC(CO)C(C)NCc1csc(COc2ccc(Cl)cc2)n1. The van der Waals surface area contributed by atoms with Crippen molar-refractivity contribution in [3.05, 3.63) is 45.4 Å². The van der Waals surface area contributed by atoms with Gasteiger partial charge in [-0.1, -0.05) is 18.5 Å². The lowest BCUT2D eigenvalue weighted by molar-refractivity contribution is 0.207. The van der Waals surface area contributed by atoms with Crippen molar-refractivity contribution in [2.45, 2.75) is 33.0 Å². The van der Waals surface area contributed by atoms with E-state index in [0.29, 0.717) is 18.2 Å². The molecule has 120 valence electrons. The second-order valence-electron chi connectivity index (χ2n) is 5.30. The fourth-order valence-electron chi connectivity index (χ4n) is 1.80. The van der Waals surface area contributed by atoms with Crippen molar-refractivity contribution in [2.75, 3.05) is 6.61 Å². The second kappa shape index (κ2) is 8.48. The van der Waals surface area contributed by atoms with Crippen LogP contribution in [0, 0.1) is 5.92 Å². The lowest BCUT2D eigenvalue weighted by Crippen LogP contribution is -2.33. The summed E-state index contributed by atoms with van der Waals surface area (Å²) in [7, 11) is 0. The zero-order chi connectivity index (χ0) is 15.9. The zero-order valence-corrected chi connectivity index (χ0v) is 14.3. The fraction of sp³-hybridized carbons (Fsp3) is 0.438. The molecule has 0 saturated heterocycles. The summed E-state index contributed by atoms with van der Waals surface area (Å²) in [5.74, 6) is 1.01. The molecule has 0 saturated carbocycles. The van der Waals surface area contributed by atoms with Gasteiger partial charge in [-0.2, -0.15) is 0 Å². The largest absolute Gasteiger partial charge is 0.486 e. The summed E-state index contributed by atoms with van der Waals surface area (Å²) >= 11 is 7.42. The maximum Gasteiger partial charge on any atom is 0.140 e. The van der Waals surface area contributed by atoms with Crippen LogP contribution in [0.3, 0.4) is 0 Å². The first kappa shape index (κ1) is 17.2. The number of hydrogen-bond acceptors (Lipinski definition) is 5. The van der Waals surface area contributed by atoms with Crippen LogP contribution in [-0.2, 0) is 13.2 Å². The summed E-state index contributed by atoms with van der Waals surface area (Å²) in [4.78, 5) is 4.54. The molecule has 1 heterocycles. The van der Waals surface area contributed by atoms with E-state index in [2.05, 4.69) is 17.2 Å². The number of aromatic nitrogens is 1. The minimum Gasteiger partial charge on any atom is -0.486 e. The molecule has 2 aromatic rings. The molecule has 2 rings (SSSR count). The van der Waals surface area contributed by atoms with Crippen LogP contribution in [0.15, 0.2) is 29.6 Å². The van der Waals surface area contributed by atoms with Gasteiger partial charge in [0.15, 0.2) is 0 Å². The van der Waals surface area contributed by atoms with Crippen molar-refractivity contribution in [1.82, 2.24) is 10.3 Å². The molecule has 1 aromatic carbocycles. The molecule has 0 radical (unpaired) electrons. The van der Waals surface area contributed by atoms with Gasteiger partial charge < -0.3 is 15.2 Å². The van der Waals surface area contributed by atoms with Crippen LogP contribution >= 0.6 is 22.9 Å². The van der Waals surface area contributed by atoms with Gasteiger partial charge in [0.05, 0.1) is 5.69 Å². The van der Waals surface area contributed by atoms with Crippen LogP contribution in [0.5, 0.6) is 5.75 Å². The predicted molar refractivity (Wildman–Crippen MR) is 90.4 cm³/mol. The highest BCUT2D eigenvalue weighted by Crippen LogP contribution is 2.18. The summed E-state index contributed by atoms with van der Waals surface area (Å²) in [5, 5.41) is 16.2. The van der Waals surface area contributed by atoms with Crippen molar-refractivity contribution >= 4 is 22.9 Å². The normalized spacial score (nSPS) is 13.8. The van der Waals surface area contributed by atoms with E-state index in [-0.39, 0.29) is 18.6 Å². The Morgan fingerprint density at radius 2 is 2.05 bits per heavy atom. The van der Waals surface area contributed by atoms with E-state index >= 15 is 0 Å². The van der Waals surface area contributed by atoms with Gasteiger partial charge in [0.1, 0.15) is 17.4 Å². The van der Waals surface area contributed by atoms with E-state index < -0.39 is 0 Å². The highest BCUT2D eigenvalue weighted by Gasteiger charge is 2.11. The number of halogens is 1. The van der Waals surface area contributed by atoms with Crippen molar-refractivity contribution < 1.29 is 9.84 Å². The molecule has 1 aromatic heterocycles. The summed E-state index contributed by atoms with van der Waals surface area (Å²) < 4.78 is 5.68. The predicted octanol–water partition coefficient (Wildman–Crippen LogP) is 3.48.